The van der Waals surface area contributed by atoms with E-state index in [0.29, 0.717) is 17.9 Å². The van der Waals surface area contributed by atoms with Gasteiger partial charge >= 0.3 is 0 Å². The molecule has 0 amide bonds. The van der Waals surface area contributed by atoms with E-state index in [4.69, 9.17) is 10.5 Å². The van der Waals surface area contributed by atoms with E-state index in [0.717, 1.165) is 25.1 Å². The highest BCUT2D eigenvalue weighted by Crippen LogP contribution is 2.27. The second-order valence-electron chi connectivity index (χ2n) is 10.7. The number of nitrogens with zero attached hydrogens (tertiary/aromatic N) is 4. The highest BCUT2D eigenvalue weighted by molar-refractivity contribution is 5.81. The summed E-state index contributed by atoms with van der Waals surface area (Å²) in [5.41, 5.74) is 8.65. The monoisotopic (exact) mass is 521 g/mol. The van der Waals surface area contributed by atoms with E-state index in [1.807, 2.05) is 12.4 Å². The van der Waals surface area contributed by atoms with Gasteiger partial charge in [-0.05, 0) is 18.4 Å². The number of unbranched alkanes of at least 4 members (excludes halogenated alkanes) is 15. The normalized spacial score (nSPS) is 12.3. The van der Waals surface area contributed by atoms with Crippen molar-refractivity contribution in [3.8, 4) is 0 Å². The van der Waals surface area contributed by atoms with E-state index in [9.17, 15) is 0 Å². The third-order valence-corrected chi connectivity index (χ3v) is 7.59. The summed E-state index contributed by atoms with van der Waals surface area (Å²) in [7, 11) is 0. The van der Waals surface area contributed by atoms with Crippen molar-refractivity contribution in [3.05, 3.63) is 48.5 Å². The quantitative estimate of drug-likeness (QED) is 0.134. The van der Waals surface area contributed by atoms with Gasteiger partial charge in [-0.2, -0.15) is 0 Å². The number of hydrogen-bond donors (Lipinski definition) is 1. The lowest BCUT2D eigenvalue weighted by atomic mass is 10.0. The molecule has 210 valence electrons. The zero-order valence-electron chi connectivity index (χ0n) is 23.8. The van der Waals surface area contributed by atoms with Crippen molar-refractivity contribution >= 4 is 17.0 Å². The van der Waals surface area contributed by atoms with Crippen LogP contribution in [0.1, 0.15) is 128 Å². The Morgan fingerprint density at radius 1 is 0.711 bits per heavy atom. The van der Waals surface area contributed by atoms with Gasteiger partial charge in [0.1, 0.15) is 11.8 Å². The van der Waals surface area contributed by atoms with E-state index in [1.54, 1.807) is 0 Å². The maximum atomic E-state index is 6.05. The molecule has 6 nitrogen and oxygen atoms in total. The third-order valence-electron chi connectivity index (χ3n) is 7.59. The first-order chi connectivity index (χ1) is 18.8. The van der Waals surface area contributed by atoms with E-state index in [-0.39, 0.29) is 6.04 Å². The molecule has 38 heavy (non-hydrogen) atoms. The van der Waals surface area contributed by atoms with Crippen LogP contribution in [0.3, 0.4) is 0 Å². The number of aromatic nitrogens is 4. The molecular weight excluding hydrogens is 470 g/mol. The molecule has 6 heteroatoms. The van der Waals surface area contributed by atoms with Gasteiger partial charge in [-0.15, -0.1) is 0 Å². The topological polar surface area (TPSA) is 78.9 Å². The summed E-state index contributed by atoms with van der Waals surface area (Å²) in [6, 6.07) is 10.6. The number of hydrogen-bond acceptors (Lipinski definition) is 5. The molecule has 3 rings (SSSR count). The lowest BCUT2D eigenvalue weighted by molar-refractivity contribution is 0.120. The van der Waals surface area contributed by atoms with Crippen LogP contribution in [0.4, 0.5) is 5.82 Å². The lowest BCUT2D eigenvalue weighted by Gasteiger charge is -2.19. The molecule has 0 aliphatic heterocycles. The summed E-state index contributed by atoms with van der Waals surface area (Å²) in [6.07, 6.45) is 26.4. The maximum Gasteiger partial charge on any atom is 0.165 e. The molecule has 1 atom stereocenters. The number of imidazole rings is 1. The predicted octanol–water partition coefficient (Wildman–Crippen LogP) is 8.67. The van der Waals surface area contributed by atoms with E-state index in [1.165, 1.54) is 108 Å². The lowest BCUT2D eigenvalue weighted by Crippen LogP contribution is -2.13. The number of nitrogens with two attached hydrogens (primary N) is 1. The van der Waals surface area contributed by atoms with Crippen LogP contribution >= 0.6 is 0 Å². The number of anilines is 1. The smallest absolute Gasteiger partial charge is 0.165 e. The van der Waals surface area contributed by atoms with Gasteiger partial charge in [-0.1, -0.05) is 134 Å². The van der Waals surface area contributed by atoms with Gasteiger partial charge in [0.15, 0.2) is 11.5 Å². The first-order valence-electron chi connectivity index (χ1n) is 15.4. The molecule has 1 unspecified atom stereocenters. The average Bonchev–Trinajstić information content (AvgIpc) is 3.38. The summed E-state index contributed by atoms with van der Waals surface area (Å²) in [4.78, 5) is 13.0. The van der Waals surface area contributed by atoms with E-state index in [2.05, 4.69) is 50.7 Å². The molecule has 0 aliphatic carbocycles. The van der Waals surface area contributed by atoms with Gasteiger partial charge in [0.25, 0.3) is 0 Å². The Hall–Kier alpha value is -2.47. The maximum absolute atomic E-state index is 6.05. The molecule has 1 aromatic carbocycles. The van der Waals surface area contributed by atoms with Crippen molar-refractivity contribution in [2.24, 2.45) is 0 Å². The molecule has 0 fully saturated rings. The second-order valence-corrected chi connectivity index (χ2v) is 10.7. The summed E-state index contributed by atoms with van der Waals surface area (Å²) in [6.45, 7) is 3.83. The zero-order chi connectivity index (χ0) is 26.7. The fourth-order valence-corrected chi connectivity index (χ4v) is 5.29. The molecule has 0 bridgehead atoms. The van der Waals surface area contributed by atoms with Crippen LogP contribution in [0, 0.1) is 0 Å². The van der Waals surface area contributed by atoms with Crippen molar-refractivity contribution in [3.63, 3.8) is 0 Å². The standard InChI is InChI=1S/C32H51N5O/c1-2-3-4-5-6-7-8-9-10-11-12-13-14-15-16-20-24-38-25-23-29(28-21-18-17-19-22-28)37-27-36-30-31(33)34-26-35-32(30)37/h17-19,21-22,26-27,29H,2-16,20,23-25H2,1H3,(H2,33,34,35). The van der Waals surface area contributed by atoms with Crippen LogP contribution in [0.5, 0.6) is 0 Å². The van der Waals surface area contributed by atoms with Crippen LogP contribution in [0.2, 0.25) is 0 Å². The Kier molecular flexibility index (Phi) is 14.8. The SMILES string of the molecule is CCCCCCCCCCCCCCCCCCOCCC(c1ccccc1)n1cnc2c(N)ncnc21. The predicted molar refractivity (Wildman–Crippen MR) is 159 cm³/mol. The molecule has 2 aromatic heterocycles. The van der Waals surface area contributed by atoms with Crippen molar-refractivity contribution < 1.29 is 4.74 Å². The first kappa shape index (κ1) is 30.1. The molecular formula is C32H51N5O. The van der Waals surface area contributed by atoms with Crippen molar-refractivity contribution in [1.29, 1.82) is 0 Å². The zero-order valence-corrected chi connectivity index (χ0v) is 23.8. The molecule has 0 radical (unpaired) electrons. The average molecular weight is 522 g/mol. The molecule has 3 aromatic rings. The Morgan fingerprint density at radius 2 is 1.29 bits per heavy atom. The van der Waals surface area contributed by atoms with Crippen molar-refractivity contribution in [2.75, 3.05) is 18.9 Å². The Bertz CT molecular complexity index is 990. The van der Waals surface area contributed by atoms with E-state index < -0.39 is 0 Å². The molecule has 0 saturated carbocycles. The number of ether oxygens (including phenoxy) is 1. The van der Waals surface area contributed by atoms with Gasteiger partial charge in [-0.25, -0.2) is 15.0 Å². The summed E-state index contributed by atoms with van der Waals surface area (Å²) in [5, 5.41) is 0. The van der Waals surface area contributed by atoms with Gasteiger partial charge in [0, 0.05) is 13.2 Å². The Labute approximate surface area is 230 Å². The molecule has 0 saturated heterocycles. The van der Waals surface area contributed by atoms with Crippen LogP contribution < -0.4 is 5.73 Å². The first-order valence-corrected chi connectivity index (χ1v) is 15.4. The van der Waals surface area contributed by atoms with Gasteiger partial charge in [0.2, 0.25) is 0 Å². The summed E-state index contributed by atoms with van der Waals surface area (Å²) >= 11 is 0. The fraction of sp³-hybridized carbons (Fsp3) is 0.656. The van der Waals surface area contributed by atoms with Crippen molar-refractivity contribution in [1.82, 2.24) is 19.5 Å². The molecule has 2 heterocycles. The summed E-state index contributed by atoms with van der Waals surface area (Å²) < 4.78 is 8.15. The second kappa shape index (κ2) is 18.7. The minimum absolute atomic E-state index is 0.0984. The largest absolute Gasteiger partial charge is 0.382 e. The van der Waals surface area contributed by atoms with Gasteiger partial charge in [-0.3, -0.25) is 0 Å². The van der Waals surface area contributed by atoms with Gasteiger partial charge < -0.3 is 15.0 Å². The molecule has 0 aliphatic rings. The summed E-state index contributed by atoms with van der Waals surface area (Å²) in [5.74, 6) is 0.417. The molecule has 2 N–H and O–H groups in total. The number of rotatable bonds is 22. The third kappa shape index (κ3) is 10.7. The Morgan fingerprint density at radius 3 is 1.89 bits per heavy atom. The highest BCUT2D eigenvalue weighted by atomic mass is 16.5. The number of benzene rings is 1. The van der Waals surface area contributed by atoms with Crippen LogP contribution in [-0.4, -0.2) is 32.7 Å². The number of fused-ring (bicyclic) bond motifs is 1. The van der Waals surface area contributed by atoms with Gasteiger partial charge in [0.05, 0.1) is 12.4 Å². The Balaban J connectivity index is 1.22. The van der Waals surface area contributed by atoms with E-state index >= 15 is 0 Å². The minimum atomic E-state index is 0.0984. The van der Waals surface area contributed by atoms with Crippen LogP contribution in [0.25, 0.3) is 11.2 Å². The highest BCUT2D eigenvalue weighted by Gasteiger charge is 2.18. The number of nitrogen functional groups attached to an aromatic ring is 1. The van der Waals surface area contributed by atoms with Crippen molar-refractivity contribution in [2.45, 2.75) is 122 Å². The van der Waals surface area contributed by atoms with Crippen LogP contribution in [-0.2, 0) is 4.74 Å². The molecule has 0 spiro atoms. The fourth-order valence-electron chi connectivity index (χ4n) is 5.29. The minimum Gasteiger partial charge on any atom is -0.382 e. The van der Waals surface area contributed by atoms with Crippen LogP contribution in [0.15, 0.2) is 43.0 Å².